The maximum Gasteiger partial charge on any atom is 0.305 e. The molecular formula is C15H21NO3. The predicted octanol–water partition coefficient (Wildman–Crippen LogP) is 1.66. The molecule has 2 atom stereocenters. The predicted molar refractivity (Wildman–Crippen MR) is 73.1 cm³/mol. The van der Waals surface area contributed by atoms with Crippen LogP contribution in [0.15, 0.2) is 18.2 Å². The molecule has 4 heteroatoms. The summed E-state index contributed by atoms with van der Waals surface area (Å²) in [5.74, 6) is -0.906. The Morgan fingerprint density at radius 2 is 2.00 bits per heavy atom. The number of carbonyl (C=O) groups is 1. The molecule has 3 N–H and O–H groups in total. The van der Waals surface area contributed by atoms with Crippen LogP contribution in [-0.4, -0.2) is 29.3 Å². The van der Waals surface area contributed by atoms with Crippen molar-refractivity contribution in [2.75, 3.05) is 7.05 Å². The number of fused-ring (bicyclic) bond motifs is 1. The minimum Gasteiger partial charge on any atom is -0.481 e. The second kappa shape index (κ2) is 6.17. The Bertz CT molecular complexity index is 459. The smallest absolute Gasteiger partial charge is 0.305 e. The zero-order valence-corrected chi connectivity index (χ0v) is 11.2. The first-order valence-corrected chi connectivity index (χ1v) is 6.80. The summed E-state index contributed by atoms with van der Waals surface area (Å²) in [5.41, 5.74) is 3.47. The van der Waals surface area contributed by atoms with Crippen LogP contribution in [0.4, 0.5) is 0 Å². The molecule has 4 nitrogen and oxygen atoms in total. The van der Waals surface area contributed by atoms with Crippen molar-refractivity contribution in [1.82, 2.24) is 5.32 Å². The summed E-state index contributed by atoms with van der Waals surface area (Å²) >= 11 is 0. The third kappa shape index (κ3) is 3.33. The molecule has 0 aromatic heterocycles. The number of aliphatic hydroxyl groups excluding tert-OH is 1. The number of aryl methyl sites for hydroxylation is 2. The van der Waals surface area contributed by atoms with Crippen molar-refractivity contribution in [2.24, 2.45) is 0 Å². The maximum absolute atomic E-state index is 10.8. The Hall–Kier alpha value is -1.39. The van der Waals surface area contributed by atoms with E-state index in [2.05, 4.69) is 11.4 Å². The van der Waals surface area contributed by atoms with Crippen LogP contribution in [0.1, 0.15) is 42.1 Å². The molecule has 1 aromatic carbocycles. The van der Waals surface area contributed by atoms with Gasteiger partial charge in [0.2, 0.25) is 0 Å². The van der Waals surface area contributed by atoms with E-state index in [1.54, 1.807) is 7.05 Å². The van der Waals surface area contributed by atoms with Crippen molar-refractivity contribution >= 4 is 5.97 Å². The number of rotatable bonds is 5. The lowest BCUT2D eigenvalue weighted by atomic mass is 9.88. The monoisotopic (exact) mass is 263 g/mol. The number of carboxylic acid groups (broad SMARTS) is 1. The number of hydrogen-bond acceptors (Lipinski definition) is 3. The van der Waals surface area contributed by atoms with E-state index >= 15 is 0 Å². The molecule has 2 rings (SSSR count). The van der Waals surface area contributed by atoms with Gasteiger partial charge in [-0.05, 0) is 49.4 Å². The molecule has 1 aliphatic rings. The highest BCUT2D eigenvalue weighted by Crippen LogP contribution is 2.26. The van der Waals surface area contributed by atoms with Crippen LogP contribution < -0.4 is 5.32 Å². The summed E-state index contributed by atoms with van der Waals surface area (Å²) in [7, 11) is 1.68. The second-order valence-electron chi connectivity index (χ2n) is 5.17. The molecule has 104 valence electrons. The molecule has 0 spiro atoms. The Morgan fingerprint density at radius 3 is 2.63 bits per heavy atom. The van der Waals surface area contributed by atoms with Crippen LogP contribution in [-0.2, 0) is 17.6 Å². The summed E-state index contributed by atoms with van der Waals surface area (Å²) in [6, 6.07) is 5.56. The van der Waals surface area contributed by atoms with Gasteiger partial charge in [-0.2, -0.15) is 0 Å². The third-order valence-corrected chi connectivity index (χ3v) is 3.86. The molecule has 19 heavy (non-hydrogen) atoms. The highest BCUT2D eigenvalue weighted by molar-refractivity contribution is 5.67. The average Bonchev–Trinajstić information content (AvgIpc) is 2.43. The molecule has 2 unspecified atom stereocenters. The van der Waals surface area contributed by atoms with Gasteiger partial charge < -0.3 is 15.5 Å². The summed E-state index contributed by atoms with van der Waals surface area (Å²) < 4.78 is 0. The fraction of sp³-hybridized carbons (Fsp3) is 0.533. The summed E-state index contributed by atoms with van der Waals surface area (Å²) in [5, 5.41) is 22.0. The molecule has 0 heterocycles. The topological polar surface area (TPSA) is 69.6 Å². The summed E-state index contributed by atoms with van der Waals surface area (Å²) in [4.78, 5) is 10.8. The standard InChI is InChI=1S/C15H21NO3/c1-16-13(9-14(17)18)15(19)12-7-6-10-4-2-3-5-11(10)8-12/h6-8,13,15-16,19H,2-5,9H2,1H3,(H,17,18). The number of benzene rings is 1. The molecule has 0 amide bonds. The van der Waals surface area contributed by atoms with Crippen molar-refractivity contribution < 1.29 is 15.0 Å². The van der Waals surface area contributed by atoms with Crippen LogP contribution in [0.2, 0.25) is 0 Å². The Balaban J connectivity index is 2.18. The van der Waals surface area contributed by atoms with Gasteiger partial charge in [0.05, 0.1) is 12.5 Å². The van der Waals surface area contributed by atoms with Crippen molar-refractivity contribution in [2.45, 2.75) is 44.2 Å². The molecule has 1 aliphatic carbocycles. The van der Waals surface area contributed by atoms with E-state index in [0.29, 0.717) is 0 Å². The van der Waals surface area contributed by atoms with Gasteiger partial charge in [-0.15, -0.1) is 0 Å². The molecular weight excluding hydrogens is 242 g/mol. The van der Waals surface area contributed by atoms with Crippen LogP contribution in [0, 0.1) is 0 Å². The number of aliphatic hydroxyl groups is 1. The van der Waals surface area contributed by atoms with E-state index in [-0.39, 0.29) is 6.42 Å². The van der Waals surface area contributed by atoms with E-state index in [1.165, 1.54) is 24.0 Å². The highest BCUT2D eigenvalue weighted by atomic mass is 16.4. The van der Waals surface area contributed by atoms with E-state index in [1.807, 2.05) is 12.1 Å². The number of nitrogens with one attached hydrogen (secondary N) is 1. The number of carboxylic acids is 1. The van der Waals surface area contributed by atoms with Crippen molar-refractivity contribution in [3.8, 4) is 0 Å². The molecule has 0 fully saturated rings. The van der Waals surface area contributed by atoms with Crippen molar-refractivity contribution in [3.63, 3.8) is 0 Å². The number of hydrogen-bond donors (Lipinski definition) is 3. The average molecular weight is 263 g/mol. The van der Waals surface area contributed by atoms with Gasteiger partial charge in [0, 0.05) is 6.04 Å². The van der Waals surface area contributed by atoms with Crippen LogP contribution in [0.5, 0.6) is 0 Å². The van der Waals surface area contributed by atoms with Crippen LogP contribution >= 0.6 is 0 Å². The zero-order chi connectivity index (χ0) is 13.8. The molecule has 0 radical (unpaired) electrons. The first-order chi connectivity index (χ1) is 9.11. The van der Waals surface area contributed by atoms with E-state index in [0.717, 1.165) is 18.4 Å². The molecule has 0 aliphatic heterocycles. The van der Waals surface area contributed by atoms with Crippen molar-refractivity contribution in [3.05, 3.63) is 34.9 Å². The number of aliphatic carboxylic acids is 1. The van der Waals surface area contributed by atoms with Gasteiger partial charge in [0.1, 0.15) is 0 Å². The summed E-state index contributed by atoms with van der Waals surface area (Å²) in [6.45, 7) is 0. The van der Waals surface area contributed by atoms with Crippen LogP contribution in [0.25, 0.3) is 0 Å². The van der Waals surface area contributed by atoms with Gasteiger partial charge in [-0.3, -0.25) is 4.79 Å². The minimum absolute atomic E-state index is 0.0885. The van der Waals surface area contributed by atoms with Crippen LogP contribution in [0.3, 0.4) is 0 Å². The SMILES string of the molecule is CNC(CC(=O)O)C(O)c1ccc2c(c1)CCCC2. The largest absolute Gasteiger partial charge is 0.481 e. The van der Waals surface area contributed by atoms with Gasteiger partial charge in [0.15, 0.2) is 0 Å². The quantitative estimate of drug-likeness (QED) is 0.755. The Morgan fingerprint density at radius 1 is 1.32 bits per heavy atom. The zero-order valence-electron chi connectivity index (χ0n) is 11.2. The lowest BCUT2D eigenvalue weighted by molar-refractivity contribution is -0.138. The maximum atomic E-state index is 10.8. The third-order valence-electron chi connectivity index (χ3n) is 3.86. The molecule has 0 saturated heterocycles. The van der Waals surface area contributed by atoms with E-state index < -0.39 is 18.1 Å². The minimum atomic E-state index is -0.906. The van der Waals surface area contributed by atoms with Crippen molar-refractivity contribution in [1.29, 1.82) is 0 Å². The summed E-state index contributed by atoms with van der Waals surface area (Å²) in [6.07, 6.45) is 3.71. The Kier molecular flexibility index (Phi) is 4.56. The lowest BCUT2D eigenvalue weighted by Crippen LogP contribution is -2.34. The Labute approximate surface area is 113 Å². The molecule has 0 bridgehead atoms. The second-order valence-corrected chi connectivity index (χ2v) is 5.17. The van der Waals surface area contributed by atoms with E-state index in [4.69, 9.17) is 5.11 Å². The van der Waals surface area contributed by atoms with Gasteiger partial charge in [-0.1, -0.05) is 18.2 Å². The first-order valence-electron chi connectivity index (χ1n) is 6.80. The van der Waals surface area contributed by atoms with Gasteiger partial charge in [-0.25, -0.2) is 0 Å². The lowest BCUT2D eigenvalue weighted by Gasteiger charge is -2.23. The van der Waals surface area contributed by atoms with Gasteiger partial charge >= 0.3 is 5.97 Å². The first kappa shape index (κ1) is 14.0. The fourth-order valence-corrected chi connectivity index (χ4v) is 2.73. The normalized spacial score (nSPS) is 17.6. The fourth-order valence-electron chi connectivity index (χ4n) is 2.73. The highest BCUT2D eigenvalue weighted by Gasteiger charge is 2.23. The van der Waals surface area contributed by atoms with Gasteiger partial charge in [0.25, 0.3) is 0 Å². The molecule has 0 saturated carbocycles. The van der Waals surface area contributed by atoms with E-state index in [9.17, 15) is 9.90 Å². The molecule has 1 aromatic rings. The number of likely N-dealkylation sites (N-methyl/N-ethyl adjacent to an activating group) is 1.